The molecule has 0 radical (unpaired) electrons. The molecule has 5 unspecified atom stereocenters. The molecule has 0 aliphatic carbocycles. The monoisotopic (exact) mass is 482 g/mol. The van der Waals surface area contributed by atoms with E-state index in [1.54, 1.807) is 30.3 Å². The van der Waals surface area contributed by atoms with Gasteiger partial charge in [0.05, 0.1) is 12.7 Å². The van der Waals surface area contributed by atoms with Gasteiger partial charge in [-0.05, 0) is 18.9 Å². The highest BCUT2D eigenvalue weighted by Gasteiger charge is 2.31. The number of benzene rings is 1. The Balaban J connectivity index is 2.94. The minimum atomic E-state index is -1.56. The van der Waals surface area contributed by atoms with Crippen LogP contribution in [0.15, 0.2) is 30.3 Å². The molecule has 34 heavy (non-hydrogen) atoms. The molecule has 0 aliphatic rings. The van der Waals surface area contributed by atoms with Gasteiger partial charge < -0.3 is 42.1 Å². The van der Waals surface area contributed by atoms with Gasteiger partial charge in [-0.1, -0.05) is 30.3 Å². The summed E-state index contributed by atoms with van der Waals surface area (Å²) in [5, 5.41) is 43.9. The summed E-state index contributed by atoms with van der Waals surface area (Å²) in [6.07, 6.45) is -2.22. The number of aliphatic hydroxyl groups is 2. The Bertz CT molecular complexity index is 863. The van der Waals surface area contributed by atoms with Gasteiger partial charge in [-0.25, -0.2) is 4.79 Å². The Hall–Kier alpha value is -3.55. The molecule has 1 aromatic rings. The Kier molecular flexibility index (Phi) is 11.6. The molecule has 0 aliphatic heterocycles. The topological polar surface area (TPSA) is 228 Å². The second-order valence-corrected chi connectivity index (χ2v) is 7.59. The number of nitrogens with one attached hydrogen (secondary N) is 3. The smallest absolute Gasteiger partial charge is 0.326 e. The average Bonchev–Trinajstić information content (AvgIpc) is 2.78. The summed E-state index contributed by atoms with van der Waals surface area (Å²) in [4.78, 5) is 59.9. The second-order valence-electron chi connectivity index (χ2n) is 7.59. The highest BCUT2D eigenvalue weighted by atomic mass is 16.4. The molecule has 188 valence electrons. The van der Waals surface area contributed by atoms with Crippen LogP contribution in [0.2, 0.25) is 0 Å². The number of carbonyl (C=O) groups is 5. The molecule has 13 nitrogen and oxygen atoms in total. The number of hydrogen-bond donors (Lipinski definition) is 8. The number of hydrogen-bond acceptors (Lipinski definition) is 8. The molecule has 0 saturated heterocycles. The molecule has 1 rings (SSSR count). The SMILES string of the molecule is CC(O)C(N)C(=O)NC(CO)C(=O)NC(CCC(=O)O)C(=O)NC(Cc1ccccc1)C(=O)O. The van der Waals surface area contributed by atoms with Crippen LogP contribution in [-0.4, -0.2) is 87.0 Å². The second kappa shape index (κ2) is 13.9. The van der Waals surface area contributed by atoms with E-state index in [2.05, 4.69) is 16.0 Å². The van der Waals surface area contributed by atoms with E-state index in [-0.39, 0.29) is 12.8 Å². The average molecular weight is 482 g/mol. The zero-order valence-corrected chi connectivity index (χ0v) is 18.5. The Morgan fingerprint density at radius 1 is 0.882 bits per heavy atom. The van der Waals surface area contributed by atoms with Gasteiger partial charge in [-0.3, -0.25) is 19.2 Å². The third-order valence-corrected chi connectivity index (χ3v) is 4.82. The van der Waals surface area contributed by atoms with Crippen molar-refractivity contribution in [1.29, 1.82) is 0 Å². The van der Waals surface area contributed by atoms with Gasteiger partial charge in [0.15, 0.2) is 0 Å². The van der Waals surface area contributed by atoms with Crippen LogP contribution in [0.4, 0.5) is 0 Å². The maximum atomic E-state index is 12.7. The molecular formula is C21H30N4O9. The summed E-state index contributed by atoms with van der Waals surface area (Å²) >= 11 is 0. The van der Waals surface area contributed by atoms with Crippen molar-refractivity contribution in [2.24, 2.45) is 5.73 Å². The molecular weight excluding hydrogens is 452 g/mol. The predicted octanol–water partition coefficient (Wildman–Crippen LogP) is -2.67. The number of aliphatic hydroxyl groups excluding tert-OH is 2. The fraction of sp³-hybridized carbons (Fsp3) is 0.476. The lowest BCUT2D eigenvalue weighted by atomic mass is 10.0. The van der Waals surface area contributed by atoms with E-state index in [1.807, 2.05) is 0 Å². The lowest BCUT2D eigenvalue weighted by molar-refractivity contribution is -0.143. The highest BCUT2D eigenvalue weighted by molar-refractivity contribution is 5.94. The molecule has 0 aromatic heterocycles. The van der Waals surface area contributed by atoms with Crippen LogP contribution in [0.5, 0.6) is 0 Å². The molecule has 0 bridgehead atoms. The fourth-order valence-corrected chi connectivity index (χ4v) is 2.81. The summed E-state index contributed by atoms with van der Waals surface area (Å²) in [5.41, 5.74) is 6.10. The van der Waals surface area contributed by atoms with Crippen LogP contribution in [-0.2, 0) is 30.4 Å². The van der Waals surface area contributed by atoms with Crippen LogP contribution >= 0.6 is 0 Å². The number of carboxylic acid groups (broad SMARTS) is 2. The summed E-state index contributed by atoms with van der Waals surface area (Å²) in [6.45, 7) is 0.363. The minimum Gasteiger partial charge on any atom is -0.481 e. The third-order valence-electron chi connectivity index (χ3n) is 4.82. The van der Waals surface area contributed by atoms with Crippen molar-refractivity contribution in [2.75, 3.05) is 6.61 Å². The lowest BCUT2D eigenvalue weighted by Crippen LogP contribution is -2.59. The van der Waals surface area contributed by atoms with Crippen molar-refractivity contribution >= 4 is 29.7 Å². The van der Waals surface area contributed by atoms with Crippen LogP contribution in [0.25, 0.3) is 0 Å². The van der Waals surface area contributed by atoms with E-state index in [0.717, 1.165) is 0 Å². The number of carbonyl (C=O) groups excluding carboxylic acids is 3. The van der Waals surface area contributed by atoms with Gasteiger partial charge >= 0.3 is 11.9 Å². The molecule has 13 heteroatoms. The van der Waals surface area contributed by atoms with Gasteiger partial charge in [0.2, 0.25) is 17.7 Å². The number of nitrogens with two attached hydrogens (primary N) is 1. The van der Waals surface area contributed by atoms with Crippen LogP contribution in [0, 0.1) is 0 Å². The van der Waals surface area contributed by atoms with E-state index in [1.165, 1.54) is 6.92 Å². The van der Waals surface area contributed by atoms with Crippen molar-refractivity contribution in [3.8, 4) is 0 Å². The summed E-state index contributed by atoms with van der Waals surface area (Å²) in [6, 6.07) is 2.67. The molecule has 9 N–H and O–H groups in total. The van der Waals surface area contributed by atoms with E-state index >= 15 is 0 Å². The van der Waals surface area contributed by atoms with E-state index in [9.17, 15) is 39.3 Å². The number of carboxylic acids is 2. The maximum absolute atomic E-state index is 12.7. The summed E-state index contributed by atoms with van der Waals surface area (Å²) in [5.74, 6) is -5.53. The van der Waals surface area contributed by atoms with Gasteiger partial charge in [-0.15, -0.1) is 0 Å². The molecule has 5 atom stereocenters. The normalized spacial score (nSPS) is 15.2. The zero-order chi connectivity index (χ0) is 25.8. The summed E-state index contributed by atoms with van der Waals surface area (Å²) in [7, 11) is 0. The predicted molar refractivity (Wildman–Crippen MR) is 117 cm³/mol. The Morgan fingerprint density at radius 3 is 1.91 bits per heavy atom. The van der Waals surface area contributed by atoms with Gasteiger partial charge in [0.1, 0.15) is 24.2 Å². The third kappa shape index (κ3) is 9.52. The number of rotatable bonds is 14. The van der Waals surface area contributed by atoms with E-state index in [4.69, 9.17) is 10.8 Å². The first-order valence-electron chi connectivity index (χ1n) is 10.4. The molecule has 0 saturated carbocycles. The Morgan fingerprint density at radius 2 is 1.41 bits per heavy atom. The minimum absolute atomic E-state index is 0.0614. The molecule has 0 heterocycles. The standard InChI is InChI=1S/C21H30N4O9/c1-11(27)17(22)20(32)25-15(10-26)19(31)23-13(7-8-16(28)29)18(30)24-14(21(33)34)9-12-5-3-2-4-6-12/h2-6,11,13-15,17,26-27H,7-10,22H2,1H3,(H,23,31)(H,24,30)(H,25,32)(H,28,29)(H,33,34). The van der Waals surface area contributed by atoms with Crippen molar-refractivity contribution in [1.82, 2.24) is 16.0 Å². The molecule has 1 aromatic carbocycles. The van der Waals surface area contributed by atoms with E-state index in [0.29, 0.717) is 5.56 Å². The first kappa shape index (κ1) is 28.5. The van der Waals surface area contributed by atoms with Crippen molar-refractivity contribution in [3.05, 3.63) is 35.9 Å². The first-order valence-corrected chi connectivity index (χ1v) is 10.4. The number of amides is 3. The highest BCUT2D eigenvalue weighted by Crippen LogP contribution is 2.06. The van der Waals surface area contributed by atoms with Crippen molar-refractivity contribution in [2.45, 2.75) is 56.5 Å². The van der Waals surface area contributed by atoms with Gasteiger partial charge in [-0.2, -0.15) is 0 Å². The van der Waals surface area contributed by atoms with Crippen molar-refractivity contribution < 1.29 is 44.4 Å². The van der Waals surface area contributed by atoms with Crippen molar-refractivity contribution in [3.63, 3.8) is 0 Å². The van der Waals surface area contributed by atoms with Gasteiger partial charge in [0.25, 0.3) is 0 Å². The van der Waals surface area contributed by atoms with Gasteiger partial charge in [0, 0.05) is 12.8 Å². The molecule has 3 amide bonds. The Labute approximate surface area is 195 Å². The lowest BCUT2D eigenvalue weighted by Gasteiger charge is -2.24. The first-order chi connectivity index (χ1) is 16.0. The summed E-state index contributed by atoms with van der Waals surface area (Å²) < 4.78 is 0. The van der Waals surface area contributed by atoms with Crippen LogP contribution < -0.4 is 21.7 Å². The fourth-order valence-electron chi connectivity index (χ4n) is 2.81. The maximum Gasteiger partial charge on any atom is 0.326 e. The quantitative estimate of drug-likeness (QED) is 0.137. The zero-order valence-electron chi connectivity index (χ0n) is 18.5. The van der Waals surface area contributed by atoms with E-state index < -0.39 is 73.0 Å². The van der Waals surface area contributed by atoms with Crippen LogP contribution in [0.1, 0.15) is 25.3 Å². The van der Waals surface area contributed by atoms with Crippen LogP contribution in [0.3, 0.4) is 0 Å². The molecule has 0 spiro atoms. The number of aliphatic carboxylic acids is 2. The largest absolute Gasteiger partial charge is 0.481 e. The molecule has 0 fully saturated rings.